The van der Waals surface area contributed by atoms with Crippen LogP contribution in [-0.2, 0) is 11.3 Å². The quantitative estimate of drug-likeness (QED) is 0.780. The molecule has 1 atom stereocenters. The molecule has 0 aliphatic carbocycles. The molecule has 0 heterocycles. The summed E-state index contributed by atoms with van der Waals surface area (Å²) in [4.78, 5) is 12.7. The molecule has 0 saturated heterocycles. The van der Waals surface area contributed by atoms with Gasteiger partial charge in [0.15, 0.2) is 0 Å². The van der Waals surface area contributed by atoms with Crippen LogP contribution in [-0.4, -0.2) is 36.7 Å². The van der Waals surface area contributed by atoms with Crippen molar-refractivity contribution in [2.45, 2.75) is 13.5 Å². The Morgan fingerprint density at radius 3 is 2.86 bits per heavy atom. The van der Waals surface area contributed by atoms with Crippen molar-refractivity contribution in [3.8, 4) is 11.8 Å². The summed E-state index contributed by atoms with van der Waals surface area (Å²) in [7, 11) is 3.50. The van der Waals surface area contributed by atoms with E-state index in [9.17, 15) is 4.79 Å². The highest BCUT2D eigenvalue weighted by Crippen LogP contribution is 2.22. The van der Waals surface area contributed by atoms with Gasteiger partial charge in [0.2, 0.25) is 0 Å². The zero-order valence-electron chi connectivity index (χ0n) is 12.5. The first kappa shape index (κ1) is 16.7. The van der Waals surface area contributed by atoms with Gasteiger partial charge in [0.25, 0.3) is 0 Å². The lowest BCUT2D eigenvalue weighted by atomic mass is 10.1. The Morgan fingerprint density at radius 2 is 2.29 bits per heavy atom. The number of carbonyl (C=O) groups is 1. The van der Waals surface area contributed by atoms with Crippen molar-refractivity contribution in [2.75, 3.05) is 20.7 Å². The summed E-state index contributed by atoms with van der Waals surface area (Å²) in [6.45, 7) is 3.25. The number of ether oxygens (including phenoxy) is 1. The van der Waals surface area contributed by atoms with Crippen molar-refractivity contribution in [3.63, 3.8) is 0 Å². The Morgan fingerprint density at radius 1 is 1.57 bits per heavy atom. The number of nitriles is 1. The first-order chi connectivity index (χ1) is 9.96. The largest absolute Gasteiger partial charge is 0.496 e. The maximum atomic E-state index is 10.6. The van der Waals surface area contributed by atoms with Crippen LogP contribution < -0.4 is 4.74 Å². The van der Waals surface area contributed by atoms with E-state index in [0.29, 0.717) is 18.8 Å². The van der Waals surface area contributed by atoms with Crippen molar-refractivity contribution in [2.24, 2.45) is 5.92 Å². The summed E-state index contributed by atoms with van der Waals surface area (Å²) < 4.78 is 5.22. The molecule has 5 nitrogen and oxygen atoms in total. The third-order valence-corrected chi connectivity index (χ3v) is 2.96. The molecule has 21 heavy (non-hydrogen) atoms. The number of methoxy groups -OCH3 is 1. The van der Waals surface area contributed by atoms with E-state index in [1.807, 2.05) is 32.2 Å². The molecule has 0 aromatic heterocycles. The lowest BCUT2D eigenvalue weighted by Crippen LogP contribution is -2.23. The van der Waals surface area contributed by atoms with Crippen molar-refractivity contribution in [3.05, 3.63) is 35.4 Å². The molecule has 0 aliphatic rings. The molecule has 1 aromatic rings. The Hall–Kier alpha value is -2.32. The molecule has 0 aliphatic heterocycles. The van der Waals surface area contributed by atoms with Crippen molar-refractivity contribution in [1.82, 2.24) is 4.90 Å². The number of nitrogens with zero attached hydrogens (tertiary/aromatic N) is 2. The molecule has 1 rings (SSSR count). The van der Waals surface area contributed by atoms with Gasteiger partial charge in [-0.25, -0.2) is 4.79 Å². The number of rotatable bonds is 7. The van der Waals surface area contributed by atoms with Crippen molar-refractivity contribution >= 4 is 12.0 Å². The Labute approximate surface area is 125 Å². The summed E-state index contributed by atoms with van der Waals surface area (Å²) in [5.74, 6) is -0.397. The van der Waals surface area contributed by atoms with E-state index in [1.165, 1.54) is 6.08 Å². The number of hydrogen-bond acceptors (Lipinski definition) is 4. The second-order valence-corrected chi connectivity index (χ2v) is 4.97. The number of benzene rings is 1. The second-order valence-electron chi connectivity index (χ2n) is 4.97. The van der Waals surface area contributed by atoms with Gasteiger partial charge in [0.05, 0.1) is 19.1 Å². The number of carboxylic acids is 1. The number of hydrogen-bond donors (Lipinski definition) is 1. The van der Waals surface area contributed by atoms with Crippen LogP contribution in [0.25, 0.3) is 6.08 Å². The summed E-state index contributed by atoms with van der Waals surface area (Å²) in [6, 6.07) is 7.85. The van der Waals surface area contributed by atoms with E-state index in [4.69, 9.17) is 15.1 Å². The molecule has 0 amide bonds. The molecular formula is C16H20N2O3. The monoisotopic (exact) mass is 288 g/mol. The molecule has 1 aromatic carbocycles. The minimum absolute atomic E-state index is 0.0281. The maximum Gasteiger partial charge on any atom is 0.328 e. The third-order valence-electron chi connectivity index (χ3n) is 2.96. The zero-order chi connectivity index (χ0) is 15.8. The van der Waals surface area contributed by atoms with Crippen LogP contribution in [0.1, 0.15) is 18.1 Å². The van der Waals surface area contributed by atoms with Gasteiger partial charge in [-0.3, -0.25) is 0 Å². The summed E-state index contributed by atoms with van der Waals surface area (Å²) in [5, 5.41) is 17.5. The lowest BCUT2D eigenvalue weighted by Gasteiger charge is -2.18. The fourth-order valence-electron chi connectivity index (χ4n) is 2.06. The van der Waals surface area contributed by atoms with Crippen LogP contribution in [0.5, 0.6) is 5.75 Å². The molecule has 0 radical (unpaired) electrons. The van der Waals surface area contributed by atoms with E-state index in [-0.39, 0.29) is 5.92 Å². The topological polar surface area (TPSA) is 73.6 Å². The average molecular weight is 288 g/mol. The highest BCUT2D eigenvalue weighted by Gasteiger charge is 2.08. The van der Waals surface area contributed by atoms with Crippen LogP contribution in [0, 0.1) is 17.2 Å². The van der Waals surface area contributed by atoms with Gasteiger partial charge in [-0.05, 0) is 37.7 Å². The van der Waals surface area contributed by atoms with Crippen molar-refractivity contribution in [1.29, 1.82) is 5.26 Å². The van der Waals surface area contributed by atoms with Gasteiger partial charge in [-0.15, -0.1) is 0 Å². The minimum atomic E-state index is -0.998. The molecule has 1 unspecified atom stereocenters. The fraction of sp³-hybridized carbons (Fsp3) is 0.375. The van der Waals surface area contributed by atoms with Gasteiger partial charge < -0.3 is 14.7 Å². The molecule has 5 heteroatoms. The smallest absolute Gasteiger partial charge is 0.328 e. The van der Waals surface area contributed by atoms with Gasteiger partial charge in [0, 0.05) is 24.7 Å². The second kappa shape index (κ2) is 8.08. The average Bonchev–Trinajstić information content (AvgIpc) is 2.44. The predicted octanol–water partition coefficient (Wildman–Crippen LogP) is 2.38. The zero-order valence-corrected chi connectivity index (χ0v) is 12.5. The number of aliphatic carboxylic acids is 1. The highest BCUT2D eigenvalue weighted by molar-refractivity contribution is 5.85. The SMILES string of the molecule is COc1ccc(CN(C)CC(C)C#N)cc1C=CC(=O)O. The minimum Gasteiger partial charge on any atom is -0.496 e. The Bertz CT molecular complexity index is 561. The van der Waals surface area contributed by atoms with Gasteiger partial charge >= 0.3 is 5.97 Å². The third kappa shape index (κ3) is 5.67. The fourth-order valence-corrected chi connectivity index (χ4v) is 2.06. The van der Waals surface area contributed by atoms with Crippen LogP contribution in [0.4, 0.5) is 0 Å². The number of carboxylic acid groups (broad SMARTS) is 1. The molecule has 0 bridgehead atoms. The Kier molecular flexibility index (Phi) is 6.44. The van der Waals surface area contributed by atoms with Crippen LogP contribution in [0.3, 0.4) is 0 Å². The summed E-state index contributed by atoms with van der Waals surface area (Å²) in [5.41, 5.74) is 1.76. The van der Waals surface area contributed by atoms with Crippen LogP contribution in [0.2, 0.25) is 0 Å². The van der Waals surface area contributed by atoms with E-state index in [2.05, 4.69) is 11.0 Å². The Balaban J connectivity index is 2.87. The normalized spacial score (nSPS) is 12.3. The van der Waals surface area contributed by atoms with Gasteiger partial charge in [-0.2, -0.15) is 5.26 Å². The summed E-state index contributed by atoms with van der Waals surface area (Å²) in [6.07, 6.45) is 2.60. The molecular weight excluding hydrogens is 268 g/mol. The summed E-state index contributed by atoms with van der Waals surface area (Å²) >= 11 is 0. The molecule has 112 valence electrons. The van der Waals surface area contributed by atoms with E-state index < -0.39 is 5.97 Å². The van der Waals surface area contributed by atoms with Crippen LogP contribution >= 0.6 is 0 Å². The van der Waals surface area contributed by atoms with E-state index in [1.54, 1.807) is 7.11 Å². The molecule has 0 spiro atoms. The molecule has 0 fully saturated rings. The van der Waals surface area contributed by atoms with Gasteiger partial charge in [-0.1, -0.05) is 6.07 Å². The predicted molar refractivity (Wildman–Crippen MR) is 80.8 cm³/mol. The lowest BCUT2D eigenvalue weighted by molar-refractivity contribution is -0.131. The van der Waals surface area contributed by atoms with Crippen molar-refractivity contribution < 1.29 is 14.6 Å². The molecule has 1 N–H and O–H groups in total. The van der Waals surface area contributed by atoms with E-state index in [0.717, 1.165) is 17.2 Å². The maximum absolute atomic E-state index is 10.6. The van der Waals surface area contributed by atoms with E-state index >= 15 is 0 Å². The van der Waals surface area contributed by atoms with Gasteiger partial charge in [0.1, 0.15) is 5.75 Å². The first-order valence-corrected chi connectivity index (χ1v) is 6.62. The standard InChI is InChI=1S/C16H20N2O3/c1-12(9-17)10-18(2)11-13-4-6-15(21-3)14(8-13)5-7-16(19)20/h4-8,12H,10-11H2,1-3H3,(H,19,20). The molecule has 0 saturated carbocycles. The first-order valence-electron chi connectivity index (χ1n) is 6.62. The van der Waals surface area contributed by atoms with Crippen LogP contribution in [0.15, 0.2) is 24.3 Å². The highest BCUT2D eigenvalue weighted by atomic mass is 16.5.